The standard InChI is InChI=1S/2C13H15.2C2H6Si.Zr/c2*1-2-3-6-11-9-10-12-7-4-5-8-13(11)12;2*1-3-2;/h2*4-5,7-10H,2-3,6H2,1H3;2*1-2H3;/q2*-1;;;. The Morgan fingerprint density at radius 1 is 0.636 bits per heavy atom. The summed E-state index contributed by atoms with van der Waals surface area (Å²) in [6.07, 6.45) is 7.61. The number of unbranched alkanes of at least 4 members (excludes halogenated alkanes) is 2. The Bertz CT molecular complexity index is 1070. The number of fused-ring (bicyclic) bond motifs is 2. The average molecular weight is 550 g/mol. The summed E-state index contributed by atoms with van der Waals surface area (Å²) >= 11 is 0.243. The van der Waals surface area contributed by atoms with Crippen LogP contribution in [0.4, 0.5) is 0 Å². The van der Waals surface area contributed by atoms with Crippen molar-refractivity contribution in [3.8, 4) is 0 Å². The van der Waals surface area contributed by atoms with Crippen molar-refractivity contribution in [3.05, 3.63) is 83.9 Å². The normalized spacial score (nSPS) is 10.1. The molecule has 4 rings (SSSR count). The van der Waals surface area contributed by atoms with Crippen molar-refractivity contribution in [3.63, 3.8) is 0 Å². The fraction of sp³-hybridized carbons (Fsp3) is 0.400. The molecule has 0 N–H and O–H groups in total. The average Bonchev–Trinajstić information content (AvgIpc) is 3.40. The first-order valence-corrected chi connectivity index (χ1v) is 25.0. The van der Waals surface area contributed by atoms with Crippen LogP contribution in [0.15, 0.2) is 72.8 Å². The van der Waals surface area contributed by atoms with Gasteiger partial charge in [0.1, 0.15) is 0 Å². The maximum absolute atomic E-state index is 2.47. The molecule has 0 nitrogen and oxygen atoms in total. The van der Waals surface area contributed by atoms with E-state index in [0.717, 1.165) is 0 Å². The van der Waals surface area contributed by atoms with Gasteiger partial charge >= 0.3 is 57.5 Å². The van der Waals surface area contributed by atoms with Crippen LogP contribution in [-0.4, -0.2) is 10.9 Å². The Kier molecular flexibility index (Phi) is 13.5. The number of benzene rings is 2. The molecule has 0 aliphatic carbocycles. The molecule has 176 valence electrons. The van der Waals surface area contributed by atoms with E-state index in [-0.39, 0.29) is 31.3 Å². The zero-order valence-electron chi connectivity index (χ0n) is 21.7. The van der Waals surface area contributed by atoms with Crippen LogP contribution < -0.4 is 0 Å². The first kappa shape index (κ1) is 28.2. The van der Waals surface area contributed by atoms with Gasteiger partial charge in [0.05, 0.1) is 0 Å². The van der Waals surface area contributed by atoms with Gasteiger partial charge < -0.3 is 0 Å². The van der Waals surface area contributed by atoms with Crippen molar-refractivity contribution in [2.24, 2.45) is 0 Å². The second-order valence-corrected chi connectivity index (χ2v) is 34.5. The molecule has 0 atom stereocenters. The molecular formula is C30H42Si2Zr-2. The molecule has 0 spiro atoms. The minimum absolute atomic E-state index is 0.243. The Morgan fingerprint density at radius 2 is 1.03 bits per heavy atom. The molecule has 0 aliphatic rings. The summed E-state index contributed by atoms with van der Waals surface area (Å²) < 4.78 is 0. The van der Waals surface area contributed by atoms with Crippen molar-refractivity contribution in [1.29, 1.82) is 0 Å². The first-order valence-electron chi connectivity index (χ1n) is 12.6. The monoisotopic (exact) mass is 548 g/mol. The minimum atomic E-state index is 0.243. The molecule has 0 fully saturated rings. The third kappa shape index (κ3) is 10.0. The molecule has 0 bridgehead atoms. The predicted octanol–water partition coefficient (Wildman–Crippen LogP) is 9.37. The van der Waals surface area contributed by atoms with E-state index in [1.165, 1.54) is 71.2 Å². The number of hydrogen-bond donors (Lipinski definition) is 0. The van der Waals surface area contributed by atoms with Gasteiger partial charge in [-0.3, -0.25) is 0 Å². The van der Waals surface area contributed by atoms with Gasteiger partial charge in [-0.15, -0.1) is 82.2 Å². The summed E-state index contributed by atoms with van der Waals surface area (Å²) in [6.45, 7) is 14.3. The zero-order valence-corrected chi connectivity index (χ0v) is 26.1. The fourth-order valence-electron chi connectivity index (χ4n) is 4.10. The number of rotatable bonds is 6. The summed E-state index contributed by atoms with van der Waals surface area (Å²) in [7, 11) is 0. The van der Waals surface area contributed by atoms with Crippen LogP contribution in [0, 0.1) is 0 Å². The molecule has 4 aromatic rings. The van der Waals surface area contributed by atoms with Crippen molar-refractivity contribution in [2.45, 2.75) is 78.6 Å². The third-order valence-electron chi connectivity index (χ3n) is 5.64. The molecule has 0 radical (unpaired) electrons. The summed E-state index contributed by atoms with van der Waals surface area (Å²) in [5.74, 6) is 0. The Hall–Kier alpha value is -1.02. The van der Waals surface area contributed by atoms with Gasteiger partial charge in [-0.1, -0.05) is 64.5 Å². The van der Waals surface area contributed by atoms with E-state index in [2.05, 4.69) is 113 Å². The van der Waals surface area contributed by atoms with E-state index in [1.54, 1.807) is 0 Å². The summed E-state index contributed by atoms with van der Waals surface area (Å²) in [4.78, 5) is 0. The molecule has 0 unspecified atom stereocenters. The van der Waals surface area contributed by atoms with Gasteiger partial charge in [0.15, 0.2) is 0 Å². The molecule has 0 heterocycles. The van der Waals surface area contributed by atoms with Crippen molar-refractivity contribution in [1.82, 2.24) is 0 Å². The van der Waals surface area contributed by atoms with Gasteiger partial charge in [-0.25, -0.2) is 0 Å². The zero-order chi connectivity index (χ0) is 24.1. The Balaban J connectivity index is 0.000000185. The number of hydrogen-bond acceptors (Lipinski definition) is 0. The van der Waals surface area contributed by atoms with Gasteiger partial charge in [-0.05, 0) is 0 Å². The fourth-order valence-corrected chi connectivity index (χ4v) is 30.2. The van der Waals surface area contributed by atoms with E-state index in [0.29, 0.717) is 0 Å². The SMILES string of the molecule is CCCCc1c[cH-]c2ccccc12.CCCCc1c[cH-]c2ccccc12.C[Si](C)=[Zr]=[Si](C)C. The molecule has 0 aliphatic heterocycles. The Morgan fingerprint density at radius 3 is 1.36 bits per heavy atom. The van der Waals surface area contributed by atoms with Gasteiger partial charge in [0, 0.05) is 0 Å². The third-order valence-corrected chi connectivity index (χ3v) is 31.8. The maximum atomic E-state index is 2.47. The van der Waals surface area contributed by atoms with Gasteiger partial charge in [-0.2, -0.15) is 11.1 Å². The van der Waals surface area contributed by atoms with Crippen LogP contribution in [0.25, 0.3) is 21.5 Å². The molecule has 0 aromatic heterocycles. The second kappa shape index (κ2) is 15.8. The van der Waals surface area contributed by atoms with E-state index in [4.69, 9.17) is 0 Å². The van der Waals surface area contributed by atoms with Crippen LogP contribution in [0.1, 0.15) is 50.7 Å². The Labute approximate surface area is 214 Å². The van der Waals surface area contributed by atoms with Gasteiger partial charge in [0.25, 0.3) is 0 Å². The molecule has 0 amide bonds. The first-order chi connectivity index (χ1) is 16.0. The van der Waals surface area contributed by atoms with Crippen LogP contribution >= 0.6 is 0 Å². The second-order valence-electron chi connectivity index (χ2n) is 9.22. The molecule has 33 heavy (non-hydrogen) atoms. The van der Waals surface area contributed by atoms with E-state index >= 15 is 0 Å². The van der Waals surface area contributed by atoms with E-state index in [1.807, 2.05) is 0 Å². The summed E-state index contributed by atoms with van der Waals surface area (Å²) in [5.41, 5.74) is 3.59. The van der Waals surface area contributed by atoms with E-state index in [9.17, 15) is 0 Å². The van der Waals surface area contributed by atoms with Crippen molar-refractivity contribution in [2.75, 3.05) is 0 Å². The van der Waals surface area contributed by atoms with E-state index < -0.39 is 0 Å². The molecule has 4 aromatic carbocycles. The van der Waals surface area contributed by atoms with Gasteiger partial charge in [0.2, 0.25) is 0 Å². The van der Waals surface area contributed by atoms with Crippen molar-refractivity contribution < 1.29 is 20.5 Å². The molecule has 0 saturated carbocycles. The van der Waals surface area contributed by atoms with Crippen LogP contribution in [0.3, 0.4) is 0 Å². The molecule has 0 saturated heterocycles. The molecular weight excluding hydrogens is 508 g/mol. The van der Waals surface area contributed by atoms with Crippen LogP contribution in [0.5, 0.6) is 0 Å². The number of aryl methyl sites for hydroxylation is 2. The predicted molar refractivity (Wildman–Crippen MR) is 151 cm³/mol. The van der Waals surface area contributed by atoms with Crippen LogP contribution in [0.2, 0.25) is 26.2 Å². The molecule has 3 heteroatoms. The quantitative estimate of drug-likeness (QED) is 0.166. The summed E-state index contributed by atoms with van der Waals surface area (Å²) in [5, 5.41) is 5.65. The summed E-state index contributed by atoms with van der Waals surface area (Å²) in [6, 6.07) is 26.2. The van der Waals surface area contributed by atoms with Crippen LogP contribution in [-0.2, 0) is 33.3 Å². The van der Waals surface area contributed by atoms with Crippen molar-refractivity contribution >= 4 is 32.4 Å². The topological polar surface area (TPSA) is 0 Å².